The second-order valence-corrected chi connectivity index (χ2v) is 10.1. The number of hydrogen-bond donors (Lipinski definition) is 2. The average molecular weight is 482 g/mol. The van der Waals surface area contributed by atoms with Crippen LogP contribution in [0.15, 0.2) is 30.3 Å². The summed E-state index contributed by atoms with van der Waals surface area (Å²) < 4.78 is 10.3. The number of nitrogens with one attached hydrogen (secondary N) is 1. The number of ether oxygens (including phenoxy) is 2. The van der Waals surface area contributed by atoms with Gasteiger partial charge < -0.3 is 24.8 Å². The third-order valence-corrected chi connectivity index (χ3v) is 7.21. The number of anilines is 1. The summed E-state index contributed by atoms with van der Waals surface area (Å²) in [6.45, 7) is 9.30. The van der Waals surface area contributed by atoms with Crippen molar-refractivity contribution < 1.29 is 24.2 Å². The molecule has 0 aromatic heterocycles. The van der Waals surface area contributed by atoms with Crippen LogP contribution in [0.3, 0.4) is 0 Å². The number of esters is 1. The highest BCUT2D eigenvalue weighted by molar-refractivity contribution is 5.93. The van der Waals surface area contributed by atoms with Gasteiger partial charge in [-0.3, -0.25) is 9.69 Å². The van der Waals surface area contributed by atoms with E-state index in [0.29, 0.717) is 23.1 Å². The summed E-state index contributed by atoms with van der Waals surface area (Å²) in [6.07, 6.45) is 0.560. The molecule has 2 aliphatic rings. The number of phenolic OH excluding ortho intramolecular Hbond substituents is 1. The van der Waals surface area contributed by atoms with Gasteiger partial charge in [0.15, 0.2) is 0 Å². The Bertz CT molecular complexity index is 1120. The number of nitrogens with zero attached hydrogens (tertiary/aromatic N) is 2. The van der Waals surface area contributed by atoms with Crippen molar-refractivity contribution in [2.24, 2.45) is 5.41 Å². The van der Waals surface area contributed by atoms with Crippen LogP contribution in [0.1, 0.15) is 46.9 Å². The lowest BCUT2D eigenvalue weighted by Gasteiger charge is -2.36. The summed E-state index contributed by atoms with van der Waals surface area (Å²) in [5.74, 6) is 0.445. The summed E-state index contributed by atoms with van der Waals surface area (Å²) in [5.41, 5.74) is 3.18. The van der Waals surface area contributed by atoms with Crippen molar-refractivity contribution in [2.75, 3.05) is 51.8 Å². The van der Waals surface area contributed by atoms with Gasteiger partial charge in [-0.1, -0.05) is 19.9 Å². The molecule has 1 saturated heterocycles. The fraction of sp³-hybridized carbons (Fsp3) is 0.481. The number of methoxy groups -OCH3 is 2. The third kappa shape index (κ3) is 4.93. The molecule has 2 aromatic carbocycles. The van der Waals surface area contributed by atoms with Gasteiger partial charge in [0.2, 0.25) is 5.91 Å². The van der Waals surface area contributed by atoms with E-state index in [1.165, 1.54) is 7.11 Å². The monoisotopic (exact) mass is 481 g/mol. The number of benzene rings is 2. The number of fused-ring (bicyclic) bond motifs is 1. The van der Waals surface area contributed by atoms with Crippen molar-refractivity contribution in [1.29, 1.82) is 0 Å². The molecule has 2 aromatic rings. The highest BCUT2D eigenvalue weighted by Crippen LogP contribution is 2.50. The number of amides is 1. The SMILES string of the molecule is COC(=O)c1cc(C)c(O)c2c1CC(C)(C)C2NC(=O)CN1CCN(c2cccc(OC)c2)CC1. The largest absolute Gasteiger partial charge is 0.507 e. The Hall–Kier alpha value is -3.26. The minimum Gasteiger partial charge on any atom is -0.507 e. The van der Waals surface area contributed by atoms with E-state index in [2.05, 4.69) is 21.2 Å². The van der Waals surface area contributed by atoms with Crippen molar-refractivity contribution in [2.45, 2.75) is 33.2 Å². The van der Waals surface area contributed by atoms with Crippen LogP contribution in [0.5, 0.6) is 11.5 Å². The van der Waals surface area contributed by atoms with Crippen LogP contribution >= 0.6 is 0 Å². The van der Waals surface area contributed by atoms with E-state index >= 15 is 0 Å². The molecule has 8 nitrogen and oxygen atoms in total. The molecule has 188 valence electrons. The summed E-state index contributed by atoms with van der Waals surface area (Å²) in [5, 5.41) is 14.0. The highest BCUT2D eigenvalue weighted by atomic mass is 16.5. The van der Waals surface area contributed by atoms with E-state index in [9.17, 15) is 14.7 Å². The molecule has 1 heterocycles. The normalized spacial score (nSPS) is 19.2. The maximum absolute atomic E-state index is 13.1. The molecule has 4 rings (SSSR count). The first-order valence-corrected chi connectivity index (χ1v) is 12.0. The molecule has 0 saturated carbocycles. The molecule has 0 radical (unpaired) electrons. The quantitative estimate of drug-likeness (QED) is 0.613. The van der Waals surface area contributed by atoms with E-state index < -0.39 is 12.0 Å². The van der Waals surface area contributed by atoms with Crippen molar-refractivity contribution >= 4 is 17.6 Å². The molecule has 0 spiro atoms. The smallest absolute Gasteiger partial charge is 0.338 e. The fourth-order valence-corrected chi connectivity index (χ4v) is 5.26. The summed E-state index contributed by atoms with van der Waals surface area (Å²) in [7, 11) is 3.02. The van der Waals surface area contributed by atoms with Gasteiger partial charge in [-0.25, -0.2) is 4.79 Å². The number of piperazine rings is 1. The molecular formula is C27H35N3O5. The molecule has 1 fully saturated rings. The molecule has 2 N–H and O–H groups in total. The molecule has 8 heteroatoms. The number of aromatic hydroxyl groups is 1. The Morgan fingerprint density at radius 2 is 1.86 bits per heavy atom. The summed E-state index contributed by atoms with van der Waals surface area (Å²) >= 11 is 0. The molecule has 1 unspecified atom stereocenters. The van der Waals surface area contributed by atoms with Crippen molar-refractivity contribution in [3.8, 4) is 11.5 Å². The van der Waals surface area contributed by atoms with E-state index in [1.807, 2.05) is 32.0 Å². The van der Waals surface area contributed by atoms with E-state index in [0.717, 1.165) is 43.2 Å². The van der Waals surface area contributed by atoms with Crippen molar-refractivity contribution in [3.63, 3.8) is 0 Å². The van der Waals surface area contributed by atoms with Crippen molar-refractivity contribution in [3.05, 3.63) is 52.6 Å². The summed E-state index contributed by atoms with van der Waals surface area (Å²) in [4.78, 5) is 29.9. The van der Waals surface area contributed by atoms with Gasteiger partial charge in [0.05, 0.1) is 32.4 Å². The fourth-order valence-electron chi connectivity index (χ4n) is 5.26. The predicted molar refractivity (Wildman–Crippen MR) is 134 cm³/mol. The Balaban J connectivity index is 1.44. The Morgan fingerprint density at radius 1 is 1.14 bits per heavy atom. The first kappa shape index (κ1) is 24.9. The standard InChI is InChI=1S/C27H35N3O5/c1-17-13-20(26(33)35-5)21-15-27(2,3)25(23(21)24(17)32)28-22(31)16-29-9-11-30(12-10-29)18-7-6-8-19(14-18)34-4/h6-8,13-14,25,32H,9-12,15-16H2,1-5H3,(H,28,31). The van der Waals surface area contributed by atoms with Gasteiger partial charge in [0.25, 0.3) is 0 Å². The van der Waals surface area contributed by atoms with Crippen LogP contribution < -0.4 is 15.0 Å². The minimum atomic E-state index is -0.430. The van der Waals surface area contributed by atoms with E-state index in [4.69, 9.17) is 9.47 Å². The molecule has 1 aliphatic heterocycles. The zero-order chi connectivity index (χ0) is 25.3. The molecule has 0 bridgehead atoms. The topological polar surface area (TPSA) is 91.3 Å². The average Bonchev–Trinajstić information content (AvgIpc) is 3.11. The number of hydrogen-bond acceptors (Lipinski definition) is 7. The lowest BCUT2D eigenvalue weighted by atomic mass is 9.85. The van der Waals surface area contributed by atoms with Crippen LogP contribution in [0.25, 0.3) is 0 Å². The Morgan fingerprint density at radius 3 is 2.51 bits per heavy atom. The number of aryl methyl sites for hydroxylation is 1. The summed E-state index contributed by atoms with van der Waals surface area (Å²) in [6, 6.07) is 9.28. The van der Waals surface area contributed by atoms with E-state index in [-0.39, 0.29) is 23.6 Å². The Kier molecular flexibility index (Phi) is 6.94. The first-order valence-electron chi connectivity index (χ1n) is 12.0. The van der Waals surface area contributed by atoms with Crippen LogP contribution in [-0.4, -0.2) is 68.8 Å². The predicted octanol–water partition coefficient (Wildman–Crippen LogP) is 3.06. The van der Waals surface area contributed by atoms with Gasteiger partial charge >= 0.3 is 5.97 Å². The molecule has 35 heavy (non-hydrogen) atoms. The van der Waals surface area contributed by atoms with Gasteiger partial charge in [-0.2, -0.15) is 0 Å². The maximum Gasteiger partial charge on any atom is 0.338 e. The minimum absolute atomic E-state index is 0.0914. The Labute approximate surface area is 206 Å². The zero-order valence-corrected chi connectivity index (χ0v) is 21.2. The lowest BCUT2D eigenvalue weighted by Crippen LogP contribution is -2.50. The van der Waals surface area contributed by atoms with Crippen LogP contribution in [-0.2, 0) is 16.0 Å². The van der Waals surface area contributed by atoms with Crippen LogP contribution in [0.2, 0.25) is 0 Å². The van der Waals surface area contributed by atoms with Gasteiger partial charge in [-0.05, 0) is 48.1 Å². The van der Waals surface area contributed by atoms with E-state index in [1.54, 1.807) is 20.1 Å². The van der Waals surface area contributed by atoms with Crippen LogP contribution in [0, 0.1) is 12.3 Å². The molecular weight excluding hydrogens is 446 g/mol. The second kappa shape index (κ2) is 9.77. The number of carbonyl (C=O) groups excluding carboxylic acids is 2. The first-order chi connectivity index (χ1) is 16.6. The highest BCUT2D eigenvalue weighted by Gasteiger charge is 2.44. The molecule has 1 amide bonds. The van der Waals surface area contributed by atoms with Crippen molar-refractivity contribution in [1.82, 2.24) is 10.2 Å². The second-order valence-electron chi connectivity index (χ2n) is 10.1. The molecule has 1 atom stereocenters. The number of carbonyl (C=O) groups is 2. The lowest BCUT2D eigenvalue weighted by molar-refractivity contribution is -0.123. The zero-order valence-electron chi connectivity index (χ0n) is 21.2. The number of phenols is 1. The van der Waals surface area contributed by atoms with Gasteiger partial charge in [0.1, 0.15) is 11.5 Å². The molecule has 1 aliphatic carbocycles. The third-order valence-electron chi connectivity index (χ3n) is 7.21. The van der Waals surface area contributed by atoms with Gasteiger partial charge in [-0.15, -0.1) is 0 Å². The van der Waals surface area contributed by atoms with Crippen LogP contribution in [0.4, 0.5) is 5.69 Å². The van der Waals surface area contributed by atoms with Gasteiger partial charge in [0, 0.05) is 43.5 Å². The maximum atomic E-state index is 13.1. The number of rotatable bonds is 6.